The zero-order chi connectivity index (χ0) is 16.8. The zero-order valence-corrected chi connectivity index (χ0v) is 13.8. The standard InChI is InChI=1S/C19H22N2O3/c1-23-17-9-7-15(8-10-17)19-21-16(13-24-19)11-12-20-18(22)14-5-3-2-4-6-14/h2-3,7-10,13-14H,4-6,11-12H2,1H3,(H,20,22)/t14-/m0/s1. The summed E-state index contributed by atoms with van der Waals surface area (Å²) in [6.45, 7) is 0.577. The van der Waals surface area contributed by atoms with Crippen molar-refractivity contribution in [3.63, 3.8) is 0 Å². The zero-order valence-electron chi connectivity index (χ0n) is 13.8. The third kappa shape index (κ3) is 4.04. The van der Waals surface area contributed by atoms with Crippen molar-refractivity contribution in [2.45, 2.75) is 25.7 Å². The van der Waals surface area contributed by atoms with E-state index in [0.717, 1.165) is 36.3 Å². The normalized spacial score (nSPS) is 16.8. The molecule has 0 saturated heterocycles. The number of nitrogens with one attached hydrogen (secondary N) is 1. The van der Waals surface area contributed by atoms with Gasteiger partial charge in [-0.1, -0.05) is 12.2 Å². The van der Waals surface area contributed by atoms with Crippen molar-refractivity contribution < 1.29 is 13.9 Å². The first-order valence-corrected chi connectivity index (χ1v) is 8.28. The molecule has 1 aliphatic rings. The van der Waals surface area contributed by atoms with E-state index >= 15 is 0 Å². The molecule has 2 aromatic rings. The molecular weight excluding hydrogens is 304 g/mol. The molecule has 0 aliphatic heterocycles. The van der Waals surface area contributed by atoms with Crippen molar-refractivity contribution in [1.29, 1.82) is 0 Å². The van der Waals surface area contributed by atoms with Gasteiger partial charge in [-0.25, -0.2) is 4.98 Å². The Kier molecular flexibility index (Phi) is 5.31. The Bertz CT molecular complexity index is 704. The summed E-state index contributed by atoms with van der Waals surface area (Å²) in [6, 6.07) is 7.57. The number of hydrogen-bond acceptors (Lipinski definition) is 4. The minimum atomic E-state index is 0.113. The molecule has 0 saturated carbocycles. The smallest absolute Gasteiger partial charge is 0.226 e. The molecule has 1 heterocycles. The van der Waals surface area contributed by atoms with Gasteiger partial charge in [-0.05, 0) is 43.5 Å². The second-order valence-corrected chi connectivity index (χ2v) is 5.89. The van der Waals surface area contributed by atoms with Gasteiger partial charge in [-0.3, -0.25) is 4.79 Å². The highest BCUT2D eigenvalue weighted by molar-refractivity contribution is 5.78. The minimum absolute atomic E-state index is 0.113. The predicted molar refractivity (Wildman–Crippen MR) is 91.7 cm³/mol. The van der Waals surface area contributed by atoms with E-state index in [1.807, 2.05) is 24.3 Å². The number of hydrogen-bond donors (Lipinski definition) is 1. The average Bonchev–Trinajstić information content (AvgIpc) is 3.11. The van der Waals surface area contributed by atoms with Crippen molar-refractivity contribution >= 4 is 5.91 Å². The average molecular weight is 326 g/mol. The summed E-state index contributed by atoms with van der Waals surface area (Å²) in [7, 11) is 1.64. The van der Waals surface area contributed by atoms with Crippen LogP contribution in [0.3, 0.4) is 0 Å². The molecule has 0 unspecified atom stereocenters. The Morgan fingerprint density at radius 2 is 2.17 bits per heavy atom. The number of methoxy groups -OCH3 is 1. The number of carbonyl (C=O) groups excluding carboxylic acids is 1. The van der Waals surface area contributed by atoms with Gasteiger partial charge in [0.1, 0.15) is 12.0 Å². The highest BCUT2D eigenvalue weighted by atomic mass is 16.5. The van der Waals surface area contributed by atoms with Crippen molar-refractivity contribution in [1.82, 2.24) is 10.3 Å². The quantitative estimate of drug-likeness (QED) is 0.827. The molecule has 1 aliphatic carbocycles. The fraction of sp³-hybridized carbons (Fsp3) is 0.368. The lowest BCUT2D eigenvalue weighted by Crippen LogP contribution is -2.32. The van der Waals surface area contributed by atoms with Gasteiger partial charge in [0, 0.05) is 24.4 Å². The number of allylic oxidation sites excluding steroid dienone is 2. The van der Waals surface area contributed by atoms with E-state index in [-0.39, 0.29) is 11.8 Å². The third-order valence-corrected chi connectivity index (χ3v) is 4.21. The van der Waals surface area contributed by atoms with Crippen molar-refractivity contribution in [3.05, 3.63) is 48.4 Å². The summed E-state index contributed by atoms with van der Waals surface area (Å²) in [4.78, 5) is 16.6. The van der Waals surface area contributed by atoms with Gasteiger partial charge in [0.15, 0.2) is 0 Å². The minimum Gasteiger partial charge on any atom is -0.497 e. The third-order valence-electron chi connectivity index (χ3n) is 4.21. The molecule has 126 valence electrons. The van der Waals surface area contributed by atoms with Crippen LogP contribution in [0.4, 0.5) is 0 Å². The maximum absolute atomic E-state index is 12.1. The van der Waals surface area contributed by atoms with Gasteiger partial charge in [0.05, 0.1) is 12.8 Å². The number of aromatic nitrogens is 1. The highest BCUT2D eigenvalue weighted by Gasteiger charge is 2.18. The van der Waals surface area contributed by atoms with Crippen molar-refractivity contribution in [3.8, 4) is 17.2 Å². The van der Waals surface area contributed by atoms with Crippen LogP contribution in [0.1, 0.15) is 25.0 Å². The van der Waals surface area contributed by atoms with E-state index in [1.165, 1.54) is 0 Å². The molecule has 0 bridgehead atoms. The maximum Gasteiger partial charge on any atom is 0.226 e. The second-order valence-electron chi connectivity index (χ2n) is 5.89. The van der Waals surface area contributed by atoms with Crippen LogP contribution in [0, 0.1) is 5.92 Å². The summed E-state index contributed by atoms with van der Waals surface area (Å²) < 4.78 is 10.7. The van der Waals surface area contributed by atoms with Gasteiger partial charge in [0.25, 0.3) is 0 Å². The van der Waals surface area contributed by atoms with Gasteiger partial charge < -0.3 is 14.5 Å². The topological polar surface area (TPSA) is 64.4 Å². The van der Waals surface area contributed by atoms with E-state index in [0.29, 0.717) is 18.9 Å². The SMILES string of the molecule is COc1ccc(-c2nc(CCNC(=O)[C@H]3CC=CCC3)co2)cc1. The Hall–Kier alpha value is -2.56. The second kappa shape index (κ2) is 7.81. The molecule has 0 radical (unpaired) electrons. The fourth-order valence-electron chi connectivity index (χ4n) is 2.78. The van der Waals surface area contributed by atoms with Gasteiger partial charge in [-0.15, -0.1) is 0 Å². The summed E-state index contributed by atoms with van der Waals surface area (Å²) in [6.07, 6.45) is 9.31. The molecule has 5 heteroatoms. The summed E-state index contributed by atoms with van der Waals surface area (Å²) >= 11 is 0. The van der Waals surface area contributed by atoms with E-state index in [1.54, 1.807) is 13.4 Å². The number of oxazole rings is 1. The fourth-order valence-corrected chi connectivity index (χ4v) is 2.78. The maximum atomic E-state index is 12.1. The van der Waals surface area contributed by atoms with E-state index in [2.05, 4.69) is 22.5 Å². The number of rotatable bonds is 6. The molecule has 1 aromatic carbocycles. The van der Waals surface area contributed by atoms with Crippen LogP contribution in [-0.2, 0) is 11.2 Å². The van der Waals surface area contributed by atoms with Crippen molar-refractivity contribution in [2.24, 2.45) is 5.92 Å². The van der Waals surface area contributed by atoms with Crippen LogP contribution in [0.2, 0.25) is 0 Å². The first-order chi connectivity index (χ1) is 11.8. The lowest BCUT2D eigenvalue weighted by molar-refractivity contribution is -0.125. The predicted octanol–water partition coefficient (Wildman–Crippen LogP) is 3.37. The first-order valence-electron chi connectivity index (χ1n) is 8.28. The molecule has 1 N–H and O–H groups in total. The summed E-state index contributed by atoms with van der Waals surface area (Å²) in [5.74, 6) is 1.63. The van der Waals surface area contributed by atoms with Gasteiger partial charge in [0.2, 0.25) is 11.8 Å². The Labute approximate surface area is 141 Å². The number of amides is 1. The highest BCUT2D eigenvalue weighted by Crippen LogP contribution is 2.22. The van der Waals surface area contributed by atoms with Gasteiger partial charge >= 0.3 is 0 Å². The number of nitrogens with zero attached hydrogens (tertiary/aromatic N) is 1. The lowest BCUT2D eigenvalue weighted by atomic mass is 9.94. The lowest BCUT2D eigenvalue weighted by Gasteiger charge is -2.16. The molecule has 24 heavy (non-hydrogen) atoms. The largest absolute Gasteiger partial charge is 0.497 e. The molecule has 1 atom stereocenters. The Morgan fingerprint density at radius 3 is 2.88 bits per heavy atom. The van der Waals surface area contributed by atoms with E-state index in [9.17, 15) is 4.79 Å². The van der Waals surface area contributed by atoms with Crippen LogP contribution in [0.25, 0.3) is 11.5 Å². The summed E-state index contributed by atoms with van der Waals surface area (Å²) in [5.41, 5.74) is 1.74. The molecule has 0 spiro atoms. The van der Waals surface area contributed by atoms with Crippen LogP contribution in [0.15, 0.2) is 47.1 Å². The van der Waals surface area contributed by atoms with Gasteiger partial charge in [-0.2, -0.15) is 0 Å². The number of ether oxygens (including phenoxy) is 1. The molecule has 5 nitrogen and oxygen atoms in total. The van der Waals surface area contributed by atoms with Crippen LogP contribution in [-0.4, -0.2) is 24.5 Å². The van der Waals surface area contributed by atoms with E-state index in [4.69, 9.17) is 9.15 Å². The summed E-state index contributed by atoms with van der Waals surface area (Å²) in [5, 5.41) is 2.99. The van der Waals surface area contributed by atoms with Crippen molar-refractivity contribution in [2.75, 3.05) is 13.7 Å². The molecule has 1 amide bonds. The molecule has 0 fully saturated rings. The van der Waals surface area contributed by atoms with E-state index < -0.39 is 0 Å². The monoisotopic (exact) mass is 326 g/mol. The first kappa shape index (κ1) is 16.3. The molecular formula is C19H22N2O3. The van der Waals surface area contributed by atoms with Crippen LogP contribution in [0.5, 0.6) is 5.75 Å². The number of carbonyl (C=O) groups is 1. The number of benzene rings is 1. The van der Waals surface area contributed by atoms with Crippen LogP contribution >= 0.6 is 0 Å². The Balaban J connectivity index is 1.50. The Morgan fingerprint density at radius 1 is 1.33 bits per heavy atom. The molecule has 3 rings (SSSR count). The molecule has 1 aromatic heterocycles. The van der Waals surface area contributed by atoms with Crippen LogP contribution < -0.4 is 10.1 Å².